The van der Waals surface area contributed by atoms with Crippen LogP contribution in [0.5, 0.6) is 5.75 Å². The van der Waals surface area contributed by atoms with Crippen LogP contribution < -0.4 is 15.8 Å². The molecule has 0 unspecified atom stereocenters. The molecule has 4 heteroatoms. The van der Waals surface area contributed by atoms with Crippen LogP contribution in [-0.2, 0) is 0 Å². The van der Waals surface area contributed by atoms with Crippen molar-refractivity contribution in [2.45, 2.75) is 31.7 Å². The summed E-state index contributed by atoms with van der Waals surface area (Å²) in [7, 11) is 1.67. The van der Waals surface area contributed by atoms with Crippen LogP contribution in [0.4, 0.5) is 5.82 Å². The topological polar surface area (TPSA) is 60.2 Å². The summed E-state index contributed by atoms with van der Waals surface area (Å²) < 4.78 is 5.26. The quantitative estimate of drug-likeness (QED) is 0.838. The molecule has 1 aromatic rings. The second-order valence-corrected chi connectivity index (χ2v) is 4.72. The molecule has 4 nitrogen and oxygen atoms in total. The highest BCUT2D eigenvalue weighted by molar-refractivity contribution is 5.49. The summed E-state index contributed by atoms with van der Waals surface area (Å²) in [4.78, 5) is 4.29. The van der Waals surface area contributed by atoms with Gasteiger partial charge < -0.3 is 15.8 Å². The van der Waals surface area contributed by atoms with Crippen LogP contribution in [0.25, 0.3) is 0 Å². The number of rotatable bonds is 4. The number of anilines is 1. The maximum Gasteiger partial charge on any atom is 0.168 e. The van der Waals surface area contributed by atoms with Gasteiger partial charge in [0.05, 0.1) is 7.11 Å². The van der Waals surface area contributed by atoms with E-state index in [-0.39, 0.29) is 0 Å². The largest absolute Gasteiger partial charge is 0.493 e. The van der Waals surface area contributed by atoms with Crippen molar-refractivity contribution >= 4 is 5.82 Å². The standard InChI is InChI=1S/C13H21N3O/c1-17-12-3-2-8-15-13(12)16-9-10-4-6-11(14)7-5-10/h2-3,8,10-11H,4-7,9,14H2,1H3,(H,15,16). The van der Waals surface area contributed by atoms with Gasteiger partial charge in [-0.1, -0.05) is 0 Å². The Morgan fingerprint density at radius 3 is 2.88 bits per heavy atom. The lowest BCUT2D eigenvalue weighted by molar-refractivity contribution is 0.338. The van der Waals surface area contributed by atoms with E-state index in [4.69, 9.17) is 10.5 Å². The second kappa shape index (κ2) is 5.87. The minimum absolute atomic E-state index is 0.413. The van der Waals surface area contributed by atoms with Gasteiger partial charge in [0.25, 0.3) is 0 Å². The molecule has 1 heterocycles. The number of nitrogens with one attached hydrogen (secondary N) is 1. The molecular weight excluding hydrogens is 214 g/mol. The lowest BCUT2D eigenvalue weighted by Gasteiger charge is -2.26. The van der Waals surface area contributed by atoms with Crippen molar-refractivity contribution in [1.82, 2.24) is 4.98 Å². The highest BCUT2D eigenvalue weighted by Gasteiger charge is 2.18. The summed E-state index contributed by atoms with van der Waals surface area (Å²) in [6.45, 7) is 0.958. The summed E-state index contributed by atoms with van der Waals surface area (Å²) in [5.74, 6) is 2.35. The maximum absolute atomic E-state index is 5.90. The number of methoxy groups -OCH3 is 1. The smallest absolute Gasteiger partial charge is 0.168 e. The van der Waals surface area contributed by atoms with E-state index in [1.165, 1.54) is 12.8 Å². The summed E-state index contributed by atoms with van der Waals surface area (Å²) in [5, 5.41) is 3.37. The molecule has 0 bridgehead atoms. The average Bonchev–Trinajstić information content (AvgIpc) is 2.38. The Hall–Kier alpha value is -1.29. The molecule has 0 atom stereocenters. The highest BCUT2D eigenvalue weighted by Crippen LogP contribution is 2.25. The molecule has 0 spiro atoms. The van der Waals surface area contributed by atoms with E-state index >= 15 is 0 Å². The van der Waals surface area contributed by atoms with Gasteiger partial charge in [0.15, 0.2) is 11.6 Å². The molecule has 3 N–H and O–H groups in total. The molecule has 1 aliphatic carbocycles. The molecule has 17 heavy (non-hydrogen) atoms. The van der Waals surface area contributed by atoms with Crippen molar-refractivity contribution in [1.29, 1.82) is 0 Å². The van der Waals surface area contributed by atoms with Crippen LogP contribution in [-0.4, -0.2) is 24.7 Å². The Balaban J connectivity index is 1.85. The minimum Gasteiger partial charge on any atom is -0.493 e. The molecule has 0 aromatic carbocycles. The van der Waals surface area contributed by atoms with Crippen molar-refractivity contribution in [3.8, 4) is 5.75 Å². The van der Waals surface area contributed by atoms with Crippen LogP contribution >= 0.6 is 0 Å². The molecule has 1 fully saturated rings. The first-order valence-corrected chi connectivity index (χ1v) is 6.28. The van der Waals surface area contributed by atoms with Crippen LogP contribution in [0.2, 0.25) is 0 Å². The zero-order valence-electron chi connectivity index (χ0n) is 10.4. The monoisotopic (exact) mass is 235 g/mol. The van der Waals surface area contributed by atoms with E-state index in [1.807, 2.05) is 12.1 Å². The fourth-order valence-electron chi connectivity index (χ4n) is 2.32. The molecule has 1 aromatic heterocycles. The van der Waals surface area contributed by atoms with Gasteiger partial charge in [-0.25, -0.2) is 4.98 Å². The normalized spacial score (nSPS) is 24.4. The first-order valence-electron chi connectivity index (χ1n) is 6.28. The molecule has 94 valence electrons. The van der Waals surface area contributed by atoms with Gasteiger partial charge in [0.1, 0.15) is 0 Å². The fraction of sp³-hybridized carbons (Fsp3) is 0.615. The first-order chi connectivity index (χ1) is 8.29. The number of nitrogens with two attached hydrogens (primary N) is 1. The number of hydrogen-bond donors (Lipinski definition) is 2. The Bertz CT molecular complexity index is 348. The summed E-state index contributed by atoms with van der Waals surface area (Å²) in [5.41, 5.74) is 5.90. The Morgan fingerprint density at radius 1 is 1.41 bits per heavy atom. The third kappa shape index (κ3) is 3.33. The van der Waals surface area contributed by atoms with Crippen molar-refractivity contribution in [3.63, 3.8) is 0 Å². The molecule has 0 aliphatic heterocycles. The van der Waals surface area contributed by atoms with Crippen molar-refractivity contribution < 1.29 is 4.74 Å². The van der Waals surface area contributed by atoms with Gasteiger partial charge >= 0.3 is 0 Å². The first kappa shape index (κ1) is 12.2. The van der Waals surface area contributed by atoms with E-state index < -0.39 is 0 Å². The molecule has 0 saturated heterocycles. The highest BCUT2D eigenvalue weighted by atomic mass is 16.5. The summed E-state index contributed by atoms with van der Waals surface area (Å²) in [6, 6.07) is 4.21. The van der Waals surface area contributed by atoms with Gasteiger partial charge in [-0.2, -0.15) is 0 Å². The summed E-state index contributed by atoms with van der Waals surface area (Å²) in [6.07, 6.45) is 6.49. The van der Waals surface area contributed by atoms with Gasteiger partial charge in [-0.3, -0.25) is 0 Å². The lowest BCUT2D eigenvalue weighted by Crippen LogP contribution is -2.29. The number of pyridine rings is 1. The Labute approximate surface area is 103 Å². The summed E-state index contributed by atoms with van der Waals surface area (Å²) >= 11 is 0. The molecule has 1 aliphatic rings. The molecule has 0 amide bonds. The van der Waals surface area contributed by atoms with Crippen molar-refractivity contribution in [2.75, 3.05) is 19.0 Å². The average molecular weight is 235 g/mol. The molecule has 0 radical (unpaired) electrons. The van der Waals surface area contributed by atoms with E-state index in [9.17, 15) is 0 Å². The maximum atomic E-state index is 5.90. The van der Waals surface area contributed by atoms with E-state index in [1.54, 1.807) is 13.3 Å². The van der Waals surface area contributed by atoms with Crippen LogP contribution in [0.15, 0.2) is 18.3 Å². The van der Waals surface area contributed by atoms with Gasteiger partial charge in [-0.15, -0.1) is 0 Å². The predicted molar refractivity (Wildman–Crippen MR) is 69.2 cm³/mol. The van der Waals surface area contributed by atoms with Crippen molar-refractivity contribution in [2.24, 2.45) is 11.7 Å². The molecule has 1 saturated carbocycles. The predicted octanol–water partition coefficient (Wildman–Crippen LogP) is 2.02. The van der Waals surface area contributed by atoms with Gasteiger partial charge in [0.2, 0.25) is 0 Å². The Kier molecular flexibility index (Phi) is 4.20. The molecular formula is C13H21N3O. The number of ether oxygens (including phenoxy) is 1. The van der Waals surface area contributed by atoms with Crippen LogP contribution in [0, 0.1) is 5.92 Å². The van der Waals surface area contributed by atoms with Crippen molar-refractivity contribution in [3.05, 3.63) is 18.3 Å². The molecule has 2 rings (SSSR count). The fourth-order valence-corrected chi connectivity index (χ4v) is 2.32. The second-order valence-electron chi connectivity index (χ2n) is 4.72. The zero-order chi connectivity index (χ0) is 12.1. The lowest BCUT2D eigenvalue weighted by atomic mass is 9.86. The third-order valence-electron chi connectivity index (χ3n) is 3.44. The van der Waals surface area contributed by atoms with E-state index in [0.717, 1.165) is 31.0 Å². The van der Waals surface area contributed by atoms with Crippen LogP contribution in [0.1, 0.15) is 25.7 Å². The SMILES string of the molecule is COc1cccnc1NCC1CCC(N)CC1. The number of hydrogen-bond acceptors (Lipinski definition) is 4. The number of aromatic nitrogens is 1. The van der Waals surface area contributed by atoms with Gasteiger partial charge in [-0.05, 0) is 43.7 Å². The van der Waals surface area contributed by atoms with E-state index in [0.29, 0.717) is 12.0 Å². The minimum atomic E-state index is 0.413. The number of nitrogens with zero attached hydrogens (tertiary/aromatic N) is 1. The third-order valence-corrected chi connectivity index (χ3v) is 3.44. The van der Waals surface area contributed by atoms with E-state index in [2.05, 4.69) is 10.3 Å². The van der Waals surface area contributed by atoms with Crippen LogP contribution in [0.3, 0.4) is 0 Å². The van der Waals surface area contributed by atoms with Gasteiger partial charge in [0, 0.05) is 18.8 Å². The zero-order valence-corrected chi connectivity index (χ0v) is 10.4. The Morgan fingerprint density at radius 2 is 2.18 bits per heavy atom.